The fourth-order valence-corrected chi connectivity index (χ4v) is 7.09. The Kier molecular flexibility index (Phi) is 5.08. The van der Waals surface area contributed by atoms with E-state index in [9.17, 15) is 9.90 Å². The number of rotatable bonds is 4. The highest BCUT2D eigenvalue weighted by atomic mass is 16.4. The van der Waals surface area contributed by atoms with Crippen molar-refractivity contribution < 1.29 is 9.90 Å². The van der Waals surface area contributed by atoms with Crippen LogP contribution in [0.5, 0.6) is 0 Å². The van der Waals surface area contributed by atoms with E-state index in [1.54, 1.807) is 6.07 Å². The molecule has 2 heterocycles. The maximum Gasteiger partial charge on any atom is 0.337 e. The van der Waals surface area contributed by atoms with E-state index in [0.29, 0.717) is 23.7 Å². The summed E-state index contributed by atoms with van der Waals surface area (Å²) in [5.41, 5.74) is 1.19. The number of carbonyl (C=O) groups is 1. The summed E-state index contributed by atoms with van der Waals surface area (Å²) in [7, 11) is 0. The quantitative estimate of drug-likeness (QED) is 0.756. The van der Waals surface area contributed by atoms with Crippen molar-refractivity contribution in [3.63, 3.8) is 0 Å². The minimum atomic E-state index is -0.838. The van der Waals surface area contributed by atoms with Gasteiger partial charge in [0, 0.05) is 29.9 Å². The van der Waals surface area contributed by atoms with Gasteiger partial charge < -0.3 is 10.4 Å². The van der Waals surface area contributed by atoms with Gasteiger partial charge in [0.25, 0.3) is 0 Å². The summed E-state index contributed by atoms with van der Waals surface area (Å²) in [6.45, 7) is 0. The third kappa shape index (κ3) is 3.56. The molecule has 2 saturated heterocycles. The third-order valence-corrected chi connectivity index (χ3v) is 8.07. The Bertz CT molecular complexity index is 694. The minimum absolute atomic E-state index is 0.398. The number of nitrogens with zero attached hydrogens (tertiary/aromatic N) is 1. The number of carboxylic acids is 1. The summed E-state index contributed by atoms with van der Waals surface area (Å²) in [5.74, 6) is 1.13. The number of nitrogens with one attached hydrogen (secondary N) is 1. The van der Waals surface area contributed by atoms with Crippen LogP contribution in [0.4, 0.5) is 5.69 Å². The predicted octanol–water partition coefficient (Wildman–Crippen LogP) is 5.15. The molecule has 1 aromatic carbocycles. The minimum Gasteiger partial charge on any atom is -0.478 e. The Morgan fingerprint density at radius 3 is 2.18 bits per heavy atom. The van der Waals surface area contributed by atoms with Gasteiger partial charge in [-0.25, -0.2) is 4.79 Å². The zero-order valence-corrected chi connectivity index (χ0v) is 16.9. The van der Waals surface area contributed by atoms with Crippen LogP contribution in [0.1, 0.15) is 81.0 Å². The lowest BCUT2D eigenvalue weighted by Crippen LogP contribution is -2.60. The highest BCUT2D eigenvalue weighted by Gasteiger charge is 2.44. The molecule has 2 aliphatic heterocycles. The molecule has 0 radical (unpaired) electrons. The number of aromatic carboxylic acids is 1. The number of benzene rings is 1. The Morgan fingerprint density at radius 1 is 0.857 bits per heavy atom. The van der Waals surface area contributed by atoms with Crippen LogP contribution in [0.3, 0.4) is 0 Å². The second kappa shape index (κ2) is 7.70. The van der Waals surface area contributed by atoms with Gasteiger partial charge in [0.05, 0.1) is 5.56 Å². The summed E-state index contributed by atoms with van der Waals surface area (Å²) in [5, 5.41) is 13.1. The van der Waals surface area contributed by atoms with E-state index in [1.165, 1.54) is 57.8 Å². The van der Waals surface area contributed by atoms with Crippen molar-refractivity contribution >= 4 is 11.7 Å². The zero-order valence-electron chi connectivity index (χ0n) is 16.9. The molecule has 28 heavy (non-hydrogen) atoms. The Hall–Kier alpha value is -1.55. The van der Waals surface area contributed by atoms with Gasteiger partial charge in [0.15, 0.2) is 0 Å². The molecule has 5 rings (SSSR count). The van der Waals surface area contributed by atoms with Gasteiger partial charge in [0.1, 0.15) is 0 Å². The molecular weight excluding hydrogens is 348 g/mol. The van der Waals surface area contributed by atoms with E-state index in [0.717, 1.165) is 36.4 Å². The molecule has 4 fully saturated rings. The van der Waals surface area contributed by atoms with Crippen LogP contribution < -0.4 is 5.32 Å². The fourth-order valence-electron chi connectivity index (χ4n) is 7.09. The molecule has 0 amide bonds. The van der Waals surface area contributed by atoms with Gasteiger partial charge in [-0.15, -0.1) is 0 Å². The first kappa shape index (κ1) is 18.5. The summed E-state index contributed by atoms with van der Waals surface area (Å²) >= 11 is 0. The maximum absolute atomic E-state index is 11.6. The van der Waals surface area contributed by atoms with Gasteiger partial charge in [-0.2, -0.15) is 0 Å². The number of anilines is 1. The number of carboxylic acid groups (broad SMARTS) is 1. The van der Waals surface area contributed by atoms with E-state index >= 15 is 0 Å². The van der Waals surface area contributed by atoms with Crippen molar-refractivity contribution in [2.24, 2.45) is 11.8 Å². The van der Waals surface area contributed by atoms with E-state index < -0.39 is 5.97 Å². The maximum atomic E-state index is 11.6. The smallest absolute Gasteiger partial charge is 0.337 e. The van der Waals surface area contributed by atoms with Crippen LogP contribution in [0.25, 0.3) is 0 Å². The number of hydrogen-bond donors (Lipinski definition) is 2. The Balaban J connectivity index is 1.30. The topological polar surface area (TPSA) is 52.6 Å². The van der Waals surface area contributed by atoms with E-state index in [1.807, 2.05) is 18.2 Å². The van der Waals surface area contributed by atoms with Crippen LogP contribution in [0, 0.1) is 11.8 Å². The zero-order chi connectivity index (χ0) is 19.1. The first-order valence-electron chi connectivity index (χ1n) is 11.5. The van der Waals surface area contributed by atoms with Crippen LogP contribution in [0.2, 0.25) is 0 Å². The van der Waals surface area contributed by atoms with Crippen LogP contribution >= 0.6 is 0 Å². The molecule has 4 bridgehead atoms. The molecule has 1 aromatic rings. The highest BCUT2D eigenvalue weighted by Crippen LogP contribution is 2.46. The highest BCUT2D eigenvalue weighted by molar-refractivity contribution is 5.94. The normalized spacial score (nSPS) is 38.0. The third-order valence-electron chi connectivity index (χ3n) is 8.07. The number of hydrogen-bond acceptors (Lipinski definition) is 3. The SMILES string of the molecule is O=C(O)c1ccccc1NC1CC2CCCC(C1)N2C1CC2CCCC(C2)C1. The van der Waals surface area contributed by atoms with E-state index in [2.05, 4.69) is 10.2 Å². The van der Waals surface area contributed by atoms with Crippen LogP contribution in [0.15, 0.2) is 24.3 Å². The van der Waals surface area contributed by atoms with Gasteiger partial charge in [0.2, 0.25) is 0 Å². The summed E-state index contributed by atoms with van der Waals surface area (Å²) in [4.78, 5) is 14.5. The molecule has 4 heteroatoms. The molecule has 2 saturated carbocycles. The van der Waals surface area contributed by atoms with Gasteiger partial charge in [-0.05, 0) is 68.9 Å². The van der Waals surface area contributed by atoms with Crippen molar-refractivity contribution in [2.75, 3.05) is 5.32 Å². The van der Waals surface area contributed by atoms with Crippen LogP contribution in [-0.2, 0) is 0 Å². The summed E-state index contributed by atoms with van der Waals surface area (Å²) < 4.78 is 0. The molecule has 4 atom stereocenters. The molecule has 4 unspecified atom stereocenters. The molecule has 0 spiro atoms. The molecule has 0 aromatic heterocycles. The first-order chi connectivity index (χ1) is 13.7. The van der Waals surface area contributed by atoms with E-state index in [-0.39, 0.29) is 0 Å². The first-order valence-corrected chi connectivity index (χ1v) is 11.5. The average Bonchev–Trinajstić information content (AvgIpc) is 2.67. The lowest BCUT2D eigenvalue weighted by atomic mass is 9.68. The van der Waals surface area contributed by atoms with Crippen molar-refractivity contribution in [1.82, 2.24) is 4.90 Å². The second-order valence-electron chi connectivity index (χ2n) is 9.87. The van der Waals surface area contributed by atoms with Crippen LogP contribution in [-0.4, -0.2) is 40.1 Å². The summed E-state index contributed by atoms with van der Waals surface area (Å²) in [6.07, 6.45) is 15.1. The van der Waals surface area contributed by atoms with E-state index in [4.69, 9.17) is 0 Å². The molecule has 4 nitrogen and oxygen atoms in total. The average molecular weight is 383 g/mol. The largest absolute Gasteiger partial charge is 0.478 e. The van der Waals surface area contributed by atoms with Crippen molar-refractivity contribution in [1.29, 1.82) is 0 Å². The fraction of sp³-hybridized carbons (Fsp3) is 0.708. The standard InChI is InChI=1S/C24H34N2O2/c27-24(28)22-9-1-2-10-23(22)25-18-14-19-7-4-8-20(15-18)26(19)21-12-16-5-3-6-17(11-16)13-21/h1-2,9-10,16-21,25H,3-8,11-15H2,(H,27,28). The summed E-state index contributed by atoms with van der Waals surface area (Å²) in [6, 6.07) is 9.96. The molecule has 152 valence electrons. The second-order valence-corrected chi connectivity index (χ2v) is 9.87. The molecule has 4 aliphatic rings. The van der Waals surface area contributed by atoms with Gasteiger partial charge in [-0.3, -0.25) is 4.90 Å². The molecule has 2 N–H and O–H groups in total. The Labute approximate surface area is 168 Å². The molecule has 2 aliphatic carbocycles. The Morgan fingerprint density at radius 2 is 1.50 bits per heavy atom. The number of piperidine rings is 2. The van der Waals surface area contributed by atoms with Gasteiger partial charge >= 0.3 is 5.97 Å². The van der Waals surface area contributed by atoms with Crippen molar-refractivity contribution in [3.05, 3.63) is 29.8 Å². The lowest BCUT2D eigenvalue weighted by Gasteiger charge is -2.55. The number of fused-ring (bicyclic) bond motifs is 4. The van der Waals surface area contributed by atoms with Crippen molar-refractivity contribution in [2.45, 2.75) is 94.8 Å². The monoisotopic (exact) mass is 382 g/mol. The molecular formula is C24H34N2O2. The lowest BCUT2D eigenvalue weighted by molar-refractivity contribution is -0.0382. The van der Waals surface area contributed by atoms with Gasteiger partial charge in [-0.1, -0.05) is 37.8 Å². The predicted molar refractivity (Wildman–Crippen MR) is 112 cm³/mol. The van der Waals surface area contributed by atoms with Crippen molar-refractivity contribution in [3.8, 4) is 0 Å². The number of para-hydroxylation sites is 1.